The fourth-order valence-corrected chi connectivity index (χ4v) is 1.05. The standard InChI is InChI=1S/C10H13F3N2O2/c1-14-4-8-2-3-9(5-15-8)17-7-16-6-10(11,12)13/h2-3,5,14H,4,6-7H2,1H3. The van der Waals surface area contributed by atoms with Gasteiger partial charge in [-0.2, -0.15) is 13.2 Å². The number of nitrogens with zero attached hydrogens (tertiary/aromatic N) is 1. The maximum absolute atomic E-state index is 11.7. The first-order valence-electron chi connectivity index (χ1n) is 4.88. The molecule has 96 valence electrons. The number of rotatable bonds is 6. The lowest BCUT2D eigenvalue weighted by Gasteiger charge is -2.09. The molecule has 1 heterocycles. The molecule has 0 aliphatic heterocycles. The van der Waals surface area contributed by atoms with Gasteiger partial charge in [-0.1, -0.05) is 0 Å². The molecule has 17 heavy (non-hydrogen) atoms. The fraction of sp³-hybridized carbons (Fsp3) is 0.500. The maximum Gasteiger partial charge on any atom is 0.411 e. The van der Waals surface area contributed by atoms with E-state index in [0.717, 1.165) is 5.69 Å². The number of aromatic nitrogens is 1. The summed E-state index contributed by atoms with van der Waals surface area (Å²) in [4.78, 5) is 4.03. The zero-order chi connectivity index (χ0) is 12.7. The Balaban J connectivity index is 2.27. The first-order valence-corrected chi connectivity index (χ1v) is 4.88. The molecule has 0 saturated heterocycles. The minimum Gasteiger partial charge on any atom is -0.466 e. The summed E-state index contributed by atoms with van der Waals surface area (Å²) in [6.45, 7) is -1.16. The average Bonchev–Trinajstić information content (AvgIpc) is 2.26. The van der Waals surface area contributed by atoms with E-state index in [1.165, 1.54) is 6.20 Å². The number of halogens is 3. The number of ether oxygens (including phenoxy) is 2. The van der Waals surface area contributed by atoms with Gasteiger partial charge in [0.2, 0.25) is 0 Å². The Morgan fingerprint density at radius 3 is 2.65 bits per heavy atom. The number of hydrogen-bond acceptors (Lipinski definition) is 4. The van der Waals surface area contributed by atoms with Crippen molar-refractivity contribution in [1.29, 1.82) is 0 Å². The highest BCUT2D eigenvalue weighted by molar-refractivity contribution is 5.19. The molecule has 1 rings (SSSR count). The van der Waals surface area contributed by atoms with Crippen LogP contribution in [0, 0.1) is 0 Å². The molecule has 0 unspecified atom stereocenters. The molecular weight excluding hydrogens is 237 g/mol. The van der Waals surface area contributed by atoms with Gasteiger partial charge in [0, 0.05) is 6.54 Å². The molecule has 0 aliphatic carbocycles. The van der Waals surface area contributed by atoms with E-state index >= 15 is 0 Å². The van der Waals surface area contributed by atoms with Crippen LogP contribution in [0.15, 0.2) is 18.3 Å². The quantitative estimate of drug-likeness (QED) is 0.616. The fourth-order valence-electron chi connectivity index (χ4n) is 1.05. The van der Waals surface area contributed by atoms with Gasteiger partial charge >= 0.3 is 6.18 Å². The Morgan fingerprint density at radius 2 is 2.12 bits per heavy atom. The molecule has 0 aliphatic rings. The molecule has 4 nitrogen and oxygen atoms in total. The molecular formula is C10H13F3N2O2. The van der Waals surface area contributed by atoms with Crippen molar-refractivity contribution in [2.24, 2.45) is 0 Å². The van der Waals surface area contributed by atoms with Gasteiger partial charge in [0.15, 0.2) is 6.79 Å². The lowest BCUT2D eigenvalue weighted by molar-refractivity contribution is -0.186. The van der Waals surface area contributed by atoms with E-state index in [0.29, 0.717) is 12.3 Å². The van der Waals surface area contributed by atoms with E-state index in [2.05, 4.69) is 15.0 Å². The zero-order valence-corrected chi connectivity index (χ0v) is 9.25. The minimum absolute atomic E-state index is 0.368. The highest BCUT2D eigenvalue weighted by atomic mass is 19.4. The molecule has 1 aromatic rings. The number of hydrogen-bond donors (Lipinski definition) is 1. The third-order valence-corrected chi connectivity index (χ3v) is 1.73. The van der Waals surface area contributed by atoms with Gasteiger partial charge in [0.1, 0.15) is 12.4 Å². The van der Waals surface area contributed by atoms with Gasteiger partial charge in [-0.25, -0.2) is 0 Å². The molecule has 1 N–H and O–H groups in total. The lowest BCUT2D eigenvalue weighted by atomic mass is 10.3. The zero-order valence-electron chi connectivity index (χ0n) is 9.25. The Morgan fingerprint density at radius 1 is 1.35 bits per heavy atom. The Labute approximate surface area is 96.7 Å². The molecule has 0 amide bonds. The highest BCUT2D eigenvalue weighted by Gasteiger charge is 2.27. The van der Waals surface area contributed by atoms with Gasteiger partial charge in [0.05, 0.1) is 11.9 Å². The van der Waals surface area contributed by atoms with Crippen molar-refractivity contribution in [2.75, 3.05) is 20.4 Å². The van der Waals surface area contributed by atoms with Gasteiger partial charge in [-0.15, -0.1) is 0 Å². The largest absolute Gasteiger partial charge is 0.466 e. The molecule has 0 fully saturated rings. The van der Waals surface area contributed by atoms with Gasteiger partial charge in [-0.3, -0.25) is 4.98 Å². The molecule has 0 spiro atoms. The first kappa shape index (κ1) is 13.7. The van der Waals surface area contributed by atoms with Gasteiger partial charge < -0.3 is 14.8 Å². The lowest BCUT2D eigenvalue weighted by Crippen LogP contribution is -2.19. The number of pyridine rings is 1. The topological polar surface area (TPSA) is 43.4 Å². The third kappa shape index (κ3) is 6.08. The van der Waals surface area contributed by atoms with Crippen LogP contribution in [0.25, 0.3) is 0 Å². The first-order chi connectivity index (χ1) is 8.01. The molecule has 0 bridgehead atoms. The summed E-state index contributed by atoms with van der Waals surface area (Å²) in [7, 11) is 1.79. The molecule has 0 radical (unpaired) electrons. The number of nitrogens with one attached hydrogen (secondary N) is 1. The van der Waals surface area contributed by atoms with E-state index in [4.69, 9.17) is 4.74 Å². The normalized spacial score (nSPS) is 11.5. The Kier molecular flexibility index (Phi) is 5.17. The SMILES string of the molecule is CNCc1ccc(OCOCC(F)(F)F)cn1. The minimum atomic E-state index is -4.34. The second-order valence-corrected chi connectivity index (χ2v) is 3.24. The van der Waals surface area contributed by atoms with Crippen molar-refractivity contribution in [1.82, 2.24) is 10.3 Å². The van der Waals surface area contributed by atoms with Crippen LogP contribution in [-0.2, 0) is 11.3 Å². The van der Waals surface area contributed by atoms with Crippen molar-refractivity contribution in [3.05, 3.63) is 24.0 Å². The summed E-state index contributed by atoms with van der Waals surface area (Å²) in [6, 6.07) is 3.34. The average molecular weight is 250 g/mol. The van der Waals surface area contributed by atoms with E-state index < -0.39 is 19.6 Å². The van der Waals surface area contributed by atoms with Gasteiger partial charge in [0.25, 0.3) is 0 Å². The predicted octanol–water partition coefficient (Wildman–Crippen LogP) is 1.72. The second kappa shape index (κ2) is 6.41. The number of alkyl halides is 3. The molecule has 0 aromatic carbocycles. The van der Waals surface area contributed by atoms with Crippen molar-refractivity contribution >= 4 is 0 Å². The summed E-state index contributed by atoms with van der Waals surface area (Å²) < 4.78 is 44.4. The Hall–Kier alpha value is -1.34. The van der Waals surface area contributed by atoms with E-state index in [-0.39, 0.29) is 0 Å². The van der Waals surface area contributed by atoms with Crippen molar-refractivity contribution < 1.29 is 22.6 Å². The van der Waals surface area contributed by atoms with Crippen LogP contribution >= 0.6 is 0 Å². The predicted molar refractivity (Wildman–Crippen MR) is 54.5 cm³/mol. The van der Waals surface area contributed by atoms with Crippen molar-refractivity contribution in [3.63, 3.8) is 0 Å². The highest BCUT2D eigenvalue weighted by Crippen LogP contribution is 2.15. The summed E-state index contributed by atoms with van der Waals surface area (Å²) in [6.07, 6.45) is -2.90. The van der Waals surface area contributed by atoms with Crippen LogP contribution in [-0.4, -0.2) is 31.6 Å². The van der Waals surface area contributed by atoms with Gasteiger partial charge in [-0.05, 0) is 19.2 Å². The Bertz CT molecular complexity index is 327. The molecule has 0 atom stereocenters. The van der Waals surface area contributed by atoms with E-state index in [1.54, 1.807) is 19.2 Å². The third-order valence-electron chi connectivity index (χ3n) is 1.73. The second-order valence-electron chi connectivity index (χ2n) is 3.24. The van der Waals surface area contributed by atoms with Crippen LogP contribution < -0.4 is 10.1 Å². The summed E-state index contributed by atoms with van der Waals surface area (Å²) in [5, 5.41) is 2.92. The smallest absolute Gasteiger partial charge is 0.411 e. The van der Waals surface area contributed by atoms with Crippen LogP contribution in [0.1, 0.15) is 5.69 Å². The maximum atomic E-state index is 11.7. The molecule has 7 heteroatoms. The van der Waals surface area contributed by atoms with Crippen LogP contribution in [0.5, 0.6) is 5.75 Å². The molecule has 0 saturated carbocycles. The van der Waals surface area contributed by atoms with Crippen molar-refractivity contribution in [3.8, 4) is 5.75 Å². The monoisotopic (exact) mass is 250 g/mol. The summed E-state index contributed by atoms with van der Waals surface area (Å²) in [5.41, 5.74) is 0.816. The van der Waals surface area contributed by atoms with Crippen molar-refractivity contribution in [2.45, 2.75) is 12.7 Å². The summed E-state index contributed by atoms with van der Waals surface area (Å²) >= 11 is 0. The van der Waals surface area contributed by atoms with E-state index in [1.807, 2.05) is 0 Å². The summed E-state index contributed by atoms with van der Waals surface area (Å²) in [5.74, 6) is 0.368. The van der Waals surface area contributed by atoms with E-state index in [9.17, 15) is 13.2 Å². The van der Waals surface area contributed by atoms with Crippen LogP contribution in [0.2, 0.25) is 0 Å². The molecule has 1 aromatic heterocycles. The van der Waals surface area contributed by atoms with Crippen LogP contribution in [0.3, 0.4) is 0 Å². The van der Waals surface area contributed by atoms with Crippen LogP contribution in [0.4, 0.5) is 13.2 Å².